The Balaban J connectivity index is 1.58. The van der Waals surface area contributed by atoms with E-state index in [-0.39, 0.29) is 21.6 Å². The van der Waals surface area contributed by atoms with E-state index < -0.39 is 21.6 Å². The third kappa shape index (κ3) is 4.77. The number of aromatic amines is 2. The van der Waals surface area contributed by atoms with Crippen molar-refractivity contribution in [3.63, 3.8) is 0 Å². The molecule has 2 heterocycles. The number of carbonyl (C=O) groups is 1. The minimum Gasteiger partial charge on any atom is -0.319 e. The van der Waals surface area contributed by atoms with Gasteiger partial charge in [-0.05, 0) is 30.3 Å². The molecule has 1 amide bonds. The van der Waals surface area contributed by atoms with Crippen LogP contribution in [0.3, 0.4) is 0 Å². The maximum absolute atomic E-state index is 13.0. The maximum atomic E-state index is 13.0. The lowest BCUT2D eigenvalue weighted by Gasteiger charge is -2.16. The Bertz CT molecular complexity index is 1500. The number of carbonyl (C=O) groups excluding carboxylic acids is 1. The Labute approximate surface area is 189 Å². The first-order chi connectivity index (χ1) is 15.5. The van der Waals surface area contributed by atoms with Gasteiger partial charge in [-0.1, -0.05) is 32.9 Å². The molecule has 0 atom stereocenters. The average molecular weight is 467 g/mol. The molecule has 0 spiro atoms. The molecule has 0 saturated heterocycles. The van der Waals surface area contributed by atoms with Crippen LogP contribution >= 0.6 is 0 Å². The van der Waals surface area contributed by atoms with Gasteiger partial charge >= 0.3 is 5.69 Å². The second-order valence-corrected chi connectivity index (χ2v) is 10.1. The van der Waals surface area contributed by atoms with Crippen LogP contribution in [0.25, 0.3) is 11.0 Å². The van der Waals surface area contributed by atoms with E-state index in [1.165, 1.54) is 42.7 Å². The number of aromatic nitrogens is 4. The van der Waals surface area contributed by atoms with Crippen molar-refractivity contribution in [1.82, 2.24) is 19.9 Å². The number of fused-ring (bicyclic) bond motifs is 1. The summed E-state index contributed by atoms with van der Waals surface area (Å²) in [5, 5.41) is 2.69. The van der Waals surface area contributed by atoms with Crippen molar-refractivity contribution in [2.75, 3.05) is 10.0 Å². The monoisotopic (exact) mass is 466 g/mol. The number of hydrogen-bond acceptors (Lipinski definition) is 6. The zero-order valence-corrected chi connectivity index (χ0v) is 18.9. The number of rotatable bonds is 5. The summed E-state index contributed by atoms with van der Waals surface area (Å²) < 4.78 is 28.4. The number of sulfonamides is 1. The normalized spacial score (nSPS) is 12.0. The molecule has 0 fully saturated rings. The Hall–Kier alpha value is -3.99. The van der Waals surface area contributed by atoms with Crippen molar-refractivity contribution in [3.8, 4) is 0 Å². The Morgan fingerprint density at radius 2 is 1.64 bits per heavy atom. The molecule has 33 heavy (non-hydrogen) atoms. The van der Waals surface area contributed by atoms with Gasteiger partial charge in [0.15, 0.2) is 0 Å². The molecular weight excluding hydrogens is 444 g/mol. The fraction of sp³-hybridized carbons (Fsp3) is 0.182. The largest absolute Gasteiger partial charge is 0.323 e. The number of benzene rings is 2. The number of amides is 1. The predicted octanol–water partition coefficient (Wildman–Crippen LogP) is 3.00. The second-order valence-electron chi connectivity index (χ2n) is 8.44. The summed E-state index contributed by atoms with van der Waals surface area (Å²) >= 11 is 0. The number of hydrogen-bond donors (Lipinski definition) is 4. The summed E-state index contributed by atoms with van der Waals surface area (Å²) in [6, 6.07) is 10.4. The van der Waals surface area contributed by atoms with Crippen LogP contribution in [-0.4, -0.2) is 34.3 Å². The van der Waals surface area contributed by atoms with E-state index in [4.69, 9.17) is 0 Å². The SMILES string of the molecule is CC(C)(C)c1ncc(NC(=O)c2ccccc2NS(=O)(=O)c2ccc3[nH]c(=O)[nH]c3c2)cn1. The Kier molecular flexibility index (Phi) is 5.50. The molecule has 0 aliphatic carbocycles. The van der Waals surface area contributed by atoms with Crippen LogP contribution in [0.2, 0.25) is 0 Å². The molecular formula is C22H22N6O4S. The first kappa shape index (κ1) is 22.2. The van der Waals surface area contributed by atoms with Crippen LogP contribution < -0.4 is 15.7 Å². The van der Waals surface area contributed by atoms with Gasteiger partial charge in [-0.2, -0.15) is 0 Å². The molecule has 4 N–H and O–H groups in total. The Morgan fingerprint density at radius 1 is 0.970 bits per heavy atom. The van der Waals surface area contributed by atoms with Gasteiger partial charge in [-0.15, -0.1) is 0 Å². The van der Waals surface area contributed by atoms with Gasteiger partial charge in [0.05, 0.1) is 45.3 Å². The van der Waals surface area contributed by atoms with Gasteiger partial charge in [0.25, 0.3) is 15.9 Å². The van der Waals surface area contributed by atoms with E-state index in [1.807, 2.05) is 20.8 Å². The lowest BCUT2D eigenvalue weighted by molar-refractivity contribution is 0.102. The molecule has 0 aliphatic rings. The number of nitrogens with one attached hydrogen (secondary N) is 4. The van der Waals surface area contributed by atoms with Crippen molar-refractivity contribution in [1.29, 1.82) is 0 Å². The number of imidazole rings is 1. The summed E-state index contributed by atoms with van der Waals surface area (Å²) in [5.74, 6) is 0.111. The van der Waals surface area contributed by atoms with E-state index >= 15 is 0 Å². The lowest BCUT2D eigenvalue weighted by Crippen LogP contribution is -2.19. The number of nitrogens with zero attached hydrogens (tertiary/aromatic N) is 2. The molecule has 0 bridgehead atoms. The highest BCUT2D eigenvalue weighted by molar-refractivity contribution is 7.92. The van der Waals surface area contributed by atoms with Gasteiger partial charge in [-0.25, -0.2) is 23.2 Å². The highest BCUT2D eigenvalue weighted by Gasteiger charge is 2.20. The summed E-state index contributed by atoms with van der Waals surface area (Å²) in [4.78, 5) is 37.9. The van der Waals surface area contributed by atoms with Crippen LogP contribution in [0.5, 0.6) is 0 Å². The lowest BCUT2D eigenvalue weighted by atomic mass is 9.96. The fourth-order valence-electron chi connectivity index (χ4n) is 3.13. The van der Waals surface area contributed by atoms with Crippen molar-refractivity contribution in [2.24, 2.45) is 0 Å². The summed E-state index contributed by atoms with van der Waals surface area (Å²) in [7, 11) is -4.04. The van der Waals surface area contributed by atoms with E-state index in [2.05, 4.69) is 30.0 Å². The van der Waals surface area contributed by atoms with Crippen molar-refractivity contribution in [2.45, 2.75) is 31.1 Å². The Morgan fingerprint density at radius 3 is 2.33 bits per heavy atom. The molecule has 170 valence electrons. The summed E-state index contributed by atoms with van der Waals surface area (Å²) in [6.07, 6.45) is 3.01. The standard InChI is InChI=1S/C22H22N6O4S/c1-22(2,3)20-23-11-13(12-24-20)25-19(29)15-6-4-5-7-16(15)28-33(31,32)14-8-9-17-18(10-14)27-21(30)26-17/h4-12,28H,1-3H3,(H,25,29)(H2,26,27,30). The molecule has 0 saturated carbocycles. The smallest absolute Gasteiger partial charge is 0.319 e. The van der Waals surface area contributed by atoms with Crippen LogP contribution in [0.1, 0.15) is 37.0 Å². The van der Waals surface area contributed by atoms with E-state index in [0.29, 0.717) is 22.5 Å². The van der Waals surface area contributed by atoms with Gasteiger partial charge in [0.1, 0.15) is 5.82 Å². The first-order valence-electron chi connectivity index (χ1n) is 10.0. The van der Waals surface area contributed by atoms with E-state index in [1.54, 1.807) is 12.1 Å². The second kappa shape index (κ2) is 8.17. The topological polar surface area (TPSA) is 150 Å². The number of para-hydroxylation sites is 1. The summed E-state index contributed by atoms with van der Waals surface area (Å²) in [6.45, 7) is 5.94. The number of anilines is 2. The molecule has 0 unspecified atom stereocenters. The molecule has 11 heteroatoms. The molecule has 4 aromatic rings. The van der Waals surface area contributed by atoms with Crippen LogP contribution in [-0.2, 0) is 15.4 Å². The maximum Gasteiger partial charge on any atom is 0.323 e. The quantitative estimate of drug-likeness (QED) is 0.355. The van der Waals surface area contributed by atoms with Crippen LogP contribution in [0, 0.1) is 0 Å². The average Bonchev–Trinajstić information content (AvgIpc) is 3.13. The molecule has 2 aromatic heterocycles. The highest BCUT2D eigenvalue weighted by Crippen LogP contribution is 2.23. The van der Waals surface area contributed by atoms with Crippen molar-refractivity contribution in [3.05, 3.63) is 76.7 Å². The third-order valence-corrected chi connectivity index (χ3v) is 6.16. The molecule has 4 rings (SSSR count). The van der Waals surface area contributed by atoms with Gasteiger partial charge in [0, 0.05) is 5.41 Å². The van der Waals surface area contributed by atoms with Crippen LogP contribution in [0.4, 0.5) is 11.4 Å². The molecule has 0 aliphatic heterocycles. The van der Waals surface area contributed by atoms with Crippen molar-refractivity contribution >= 4 is 38.3 Å². The highest BCUT2D eigenvalue weighted by atomic mass is 32.2. The minimum atomic E-state index is -4.04. The molecule has 10 nitrogen and oxygen atoms in total. The van der Waals surface area contributed by atoms with Gasteiger partial charge < -0.3 is 15.3 Å². The van der Waals surface area contributed by atoms with Crippen molar-refractivity contribution < 1.29 is 13.2 Å². The van der Waals surface area contributed by atoms with Crippen LogP contribution in [0.15, 0.2) is 64.5 Å². The number of H-pyrrole nitrogens is 2. The zero-order valence-electron chi connectivity index (χ0n) is 18.1. The first-order valence-corrected chi connectivity index (χ1v) is 11.5. The predicted molar refractivity (Wildman–Crippen MR) is 125 cm³/mol. The summed E-state index contributed by atoms with van der Waals surface area (Å²) in [5.41, 5.74) is 0.777. The van der Waals surface area contributed by atoms with E-state index in [9.17, 15) is 18.0 Å². The molecule has 0 radical (unpaired) electrons. The molecule has 2 aromatic carbocycles. The van der Waals surface area contributed by atoms with Gasteiger partial charge in [0.2, 0.25) is 0 Å². The minimum absolute atomic E-state index is 0.0633. The van der Waals surface area contributed by atoms with Gasteiger partial charge in [-0.3, -0.25) is 9.52 Å². The third-order valence-electron chi connectivity index (χ3n) is 4.79. The fourth-order valence-corrected chi connectivity index (χ4v) is 4.24. The zero-order chi connectivity index (χ0) is 23.8. The van der Waals surface area contributed by atoms with E-state index in [0.717, 1.165) is 0 Å².